The molecule has 0 atom stereocenters. The van der Waals surface area contributed by atoms with E-state index in [0.717, 1.165) is 19.2 Å². The molecule has 0 spiro atoms. The van der Waals surface area contributed by atoms with Crippen molar-refractivity contribution in [1.82, 2.24) is 9.97 Å². The predicted molar refractivity (Wildman–Crippen MR) is 91.3 cm³/mol. The van der Waals surface area contributed by atoms with Crippen molar-refractivity contribution in [2.24, 2.45) is 0 Å². The van der Waals surface area contributed by atoms with E-state index in [2.05, 4.69) is 20.0 Å². The van der Waals surface area contributed by atoms with E-state index < -0.39 is 22.5 Å². The molecule has 1 amide bonds. The predicted octanol–water partition coefficient (Wildman–Crippen LogP) is 1.80. The number of non-ortho nitro benzene ring substituents is 1. The van der Waals surface area contributed by atoms with E-state index in [-0.39, 0.29) is 16.8 Å². The Morgan fingerprint density at radius 3 is 2.46 bits per heavy atom. The highest BCUT2D eigenvalue weighted by Crippen LogP contribution is 2.20. The molecule has 0 aliphatic carbocycles. The first-order valence-electron chi connectivity index (χ1n) is 7.28. The number of carbonyl (C=O) groups is 2. The summed E-state index contributed by atoms with van der Waals surface area (Å²) in [6.07, 6.45) is 0. The van der Waals surface area contributed by atoms with Gasteiger partial charge in [0.2, 0.25) is 0 Å². The van der Waals surface area contributed by atoms with Gasteiger partial charge in [-0.15, -0.1) is 0 Å². The molecule has 0 saturated heterocycles. The van der Waals surface area contributed by atoms with Crippen molar-refractivity contribution in [3.05, 3.63) is 68.1 Å². The zero-order valence-electron chi connectivity index (χ0n) is 13.4. The van der Waals surface area contributed by atoms with Gasteiger partial charge in [0.1, 0.15) is 0 Å². The lowest BCUT2D eigenvalue weighted by Crippen LogP contribution is -2.14. The quantitative estimate of drug-likeness (QED) is 0.369. The Hall–Kier alpha value is -3.95. The monoisotopic (exact) mass is 356 g/mol. The normalized spacial score (nSPS) is 10.5. The van der Waals surface area contributed by atoms with Crippen LogP contribution in [0.15, 0.2) is 41.2 Å². The molecule has 10 heteroatoms. The Labute approximate surface area is 144 Å². The van der Waals surface area contributed by atoms with E-state index in [1.54, 1.807) is 12.1 Å². The zero-order chi connectivity index (χ0) is 18.8. The number of amides is 1. The summed E-state index contributed by atoms with van der Waals surface area (Å²) in [5.74, 6) is -1.45. The number of nitrogens with one attached hydrogen (secondary N) is 3. The van der Waals surface area contributed by atoms with Crippen molar-refractivity contribution in [3.8, 4) is 0 Å². The number of H-pyrrole nitrogens is 2. The average molecular weight is 356 g/mol. The number of benzene rings is 2. The fraction of sp³-hybridized carbons (Fsp3) is 0.0625. The van der Waals surface area contributed by atoms with E-state index in [4.69, 9.17) is 0 Å². The largest absolute Gasteiger partial charge is 0.465 e. The first-order valence-corrected chi connectivity index (χ1v) is 7.28. The number of imidazole rings is 1. The van der Waals surface area contributed by atoms with Crippen LogP contribution < -0.4 is 11.0 Å². The number of methoxy groups -OCH3 is 1. The number of esters is 1. The van der Waals surface area contributed by atoms with Crippen molar-refractivity contribution >= 4 is 34.3 Å². The topological polar surface area (TPSA) is 147 Å². The number of nitro groups is 1. The molecule has 10 nitrogen and oxygen atoms in total. The highest BCUT2D eigenvalue weighted by Gasteiger charge is 2.18. The minimum atomic E-state index is -0.797. The third kappa shape index (κ3) is 3.29. The van der Waals surface area contributed by atoms with E-state index in [1.165, 1.54) is 12.1 Å². The SMILES string of the molecule is COC(=O)c1cc(C(=O)Nc2ccc3[nH]c(=O)[nH]c3c2)cc([N+](=O)[O-])c1. The minimum absolute atomic E-state index is 0.0812. The second-order valence-corrected chi connectivity index (χ2v) is 5.31. The van der Waals surface area contributed by atoms with Crippen molar-refractivity contribution in [2.75, 3.05) is 12.4 Å². The Morgan fingerprint density at radius 1 is 1.08 bits per heavy atom. The number of carbonyl (C=O) groups excluding carboxylic acids is 2. The third-order valence-corrected chi connectivity index (χ3v) is 3.59. The van der Waals surface area contributed by atoms with Crippen molar-refractivity contribution in [3.63, 3.8) is 0 Å². The molecule has 0 radical (unpaired) electrons. The van der Waals surface area contributed by atoms with Crippen LogP contribution in [0.25, 0.3) is 11.0 Å². The van der Waals surface area contributed by atoms with Crippen molar-refractivity contribution in [1.29, 1.82) is 0 Å². The number of hydrogen-bond acceptors (Lipinski definition) is 6. The van der Waals surface area contributed by atoms with Gasteiger partial charge in [-0.05, 0) is 24.3 Å². The fourth-order valence-electron chi connectivity index (χ4n) is 2.40. The number of fused-ring (bicyclic) bond motifs is 1. The van der Waals surface area contributed by atoms with Crippen LogP contribution >= 0.6 is 0 Å². The molecule has 0 aliphatic rings. The maximum absolute atomic E-state index is 12.4. The molecule has 3 N–H and O–H groups in total. The number of nitro benzene ring substituents is 1. The lowest BCUT2D eigenvalue weighted by molar-refractivity contribution is -0.384. The minimum Gasteiger partial charge on any atom is -0.465 e. The van der Waals surface area contributed by atoms with Crippen LogP contribution in [0.2, 0.25) is 0 Å². The molecule has 2 aromatic carbocycles. The fourth-order valence-corrected chi connectivity index (χ4v) is 2.40. The average Bonchev–Trinajstić information content (AvgIpc) is 2.99. The summed E-state index contributed by atoms with van der Waals surface area (Å²) in [6, 6.07) is 7.96. The van der Waals surface area contributed by atoms with Gasteiger partial charge in [-0.25, -0.2) is 9.59 Å². The number of nitrogens with zero attached hydrogens (tertiary/aromatic N) is 1. The Bertz CT molecular complexity index is 1100. The smallest absolute Gasteiger partial charge is 0.338 e. The highest BCUT2D eigenvalue weighted by molar-refractivity contribution is 6.06. The number of ether oxygens (including phenoxy) is 1. The first kappa shape index (κ1) is 16.9. The Kier molecular flexibility index (Phi) is 4.23. The van der Waals surface area contributed by atoms with E-state index in [1.807, 2.05) is 0 Å². The maximum atomic E-state index is 12.4. The third-order valence-electron chi connectivity index (χ3n) is 3.59. The molecular weight excluding hydrogens is 344 g/mol. The molecule has 0 aliphatic heterocycles. The standard InChI is InChI=1S/C16H12N4O6/c1-26-15(22)9-4-8(5-11(6-9)20(24)25)14(21)17-10-2-3-12-13(7-10)19-16(23)18-12/h2-7H,1H3,(H,17,21)(H2,18,19,23). The van der Waals surface area contributed by atoms with Gasteiger partial charge in [-0.2, -0.15) is 0 Å². The lowest BCUT2D eigenvalue weighted by atomic mass is 10.1. The van der Waals surface area contributed by atoms with E-state index in [0.29, 0.717) is 16.7 Å². The molecular formula is C16H12N4O6. The van der Waals surface area contributed by atoms with Crippen LogP contribution in [-0.4, -0.2) is 33.9 Å². The number of aromatic amines is 2. The summed E-state index contributed by atoms with van der Waals surface area (Å²) < 4.78 is 4.54. The number of rotatable bonds is 4. The van der Waals surface area contributed by atoms with Gasteiger partial charge >= 0.3 is 11.7 Å². The van der Waals surface area contributed by atoms with Gasteiger partial charge in [0.15, 0.2) is 0 Å². The van der Waals surface area contributed by atoms with Gasteiger partial charge in [0.25, 0.3) is 11.6 Å². The number of hydrogen-bond donors (Lipinski definition) is 3. The Morgan fingerprint density at radius 2 is 1.77 bits per heavy atom. The summed E-state index contributed by atoms with van der Waals surface area (Å²) >= 11 is 0. The molecule has 0 unspecified atom stereocenters. The summed E-state index contributed by atoms with van der Waals surface area (Å²) in [6.45, 7) is 0. The zero-order valence-corrected chi connectivity index (χ0v) is 13.4. The molecule has 0 saturated carbocycles. The summed E-state index contributed by atoms with van der Waals surface area (Å²) in [5, 5.41) is 13.6. The van der Waals surface area contributed by atoms with Crippen LogP contribution in [0, 0.1) is 10.1 Å². The second-order valence-electron chi connectivity index (χ2n) is 5.31. The maximum Gasteiger partial charge on any atom is 0.338 e. The van der Waals surface area contributed by atoms with Crippen LogP contribution in [0.1, 0.15) is 20.7 Å². The van der Waals surface area contributed by atoms with Gasteiger partial charge in [-0.1, -0.05) is 0 Å². The molecule has 3 aromatic rings. The number of aromatic nitrogens is 2. The van der Waals surface area contributed by atoms with Crippen molar-refractivity contribution in [2.45, 2.75) is 0 Å². The summed E-state index contributed by atoms with van der Waals surface area (Å²) in [4.78, 5) is 50.8. The number of anilines is 1. The van der Waals surface area contributed by atoms with Crippen LogP contribution in [0.4, 0.5) is 11.4 Å². The first-order chi connectivity index (χ1) is 12.4. The molecule has 132 valence electrons. The molecule has 26 heavy (non-hydrogen) atoms. The Balaban J connectivity index is 1.94. The second kappa shape index (κ2) is 6.51. The molecule has 0 fully saturated rings. The van der Waals surface area contributed by atoms with Gasteiger partial charge in [0, 0.05) is 23.4 Å². The lowest BCUT2D eigenvalue weighted by Gasteiger charge is -2.07. The molecule has 1 heterocycles. The van der Waals surface area contributed by atoms with Crippen LogP contribution in [0.3, 0.4) is 0 Å². The van der Waals surface area contributed by atoms with Crippen LogP contribution in [-0.2, 0) is 4.74 Å². The van der Waals surface area contributed by atoms with Crippen molar-refractivity contribution < 1.29 is 19.2 Å². The molecule has 0 bridgehead atoms. The highest BCUT2D eigenvalue weighted by atomic mass is 16.6. The van der Waals surface area contributed by atoms with Gasteiger partial charge in [-0.3, -0.25) is 14.9 Å². The molecule has 1 aromatic heterocycles. The summed E-state index contributed by atoms with van der Waals surface area (Å²) in [5.41, 5.74) is 0.426. The summed E-state index contributed by atoms with van der Waals surface area (Å²) in [7, 11) is 1.13. The van der Waals surface area contributed by atoms with Crippen LogP contribution in [0.5, 0.6) is 0 Å². The van der Waals surface area contributed by atoms with E-state index in [9.17, 15) is 24.5 Å². The molecule has 3 rings (SSSR count). The van der Waals surface area contributed by atoms with Gasteiger partial charge in [0.05, 0.1) is 28.6 Å². The van der Waals surface area contributed by atoms with Gasteiger partial charge < -0.3 is 20.0 Å². The van der Waals surface area contributed by atoms with E-state index >= 15 is 0 Å².